The molecule has 0 radical (unpaired) electrons. The molecular weight excluding hydrogens is 364 g/mol. The Morgan fingerprint density at radius 3 is 2.52 bits per heavy atom. The molecule has 0 spiro atoms. The predicted octanol–water partition coefficient (Wildman–Crippen LogP) is 2.79. The highest BCUT2D eigenvalue weighted by atomic mass is 16.5. The Morgan fingerprint density at radius 1 is 1.24 bits per heavy atom. The van der Waals surface area contributed by atoms with E-state index in [1.807, 2.05) is 30.8 Å². The Morgan fingerprint density at radius 2 is 1.97 bits per heavy atom. The molecule has 1 unspecified atom stereocenters. The van der Waals surface area contributed by atoms with E-state index in [1.165, 1.54) is 16.8 Å². The lowest BCUT2D eigenvalue weighted by Crippen LogP contribution is -2.43. The lowest BCUT2D eigenvalue weighted by atomic mass is 10.0. The number of hydrogen-bond acceptors (Lipinski definition) is 4. The average molecular weight is 401 g/mol. The molecule has 0 amide bonds. The summed E-state index contributed by atoms with van der Waals surface area (Å²) in [5.74, 6) is 1.66. The van der Waals surface area contributed by atoms with Crippen LogP contribution in [0.1, 0.15) is 42.4 Å². The van der Waals surface area contributed by atoms with Crippen molar-refractivity contribution in [2.24, 2.45) is 12.0 Å². The van der Waals surface area contributed by atoms with Crippen LogP contribution < -0.4 is 15.4 Å². The largest absolute Gasteiger partial charge is 0.497 e. The normalized spacial score (nSPS) is 12.9. The van der Waals surface area contributed by atoms with E-state index in [-0.39, 0.29) is 6.04 Å². The Labute approximate surface area is 175 Å². The number of likely N-dealkylation sites (N-methyl/N-ethyl adjacent to an activating group) is 1. The number of hydrogen-bond donors (Lipinski definition) is 2. The van der Waals surface area contributed by atoms with E-state index >= 15 is 0 Å². The molecule has 2 N–H and O–H groups in total. The van der Waals surface area contributed by atoms with E-state index < -0.39 is 0 Å². The molecule has 1 aromatic heterocycles. The maximum atomic E-state index is 5.43. The van der Waals surface area contributed by atoms with Gasteiger partial charge in [-0.3, -0.25) is 14.6 Å². The zero-order valence-electron chi connectivity index (χ0n) is 18.9. The van der Waals surface area contributed by atoms with E-state index in [0.29, 0.717) is 6.54 Å². The van der Waals surface area contributed by atoms with Gasteiger partial charge in [-0.15, -0.1) is 0 Å². The Balaban J connectivity index is 2.09. The molecule has 7 nitrogen and oxygen atoms in total. The summed E-state index contributed by atoms with van der Waals surface area (Å²) >= 11 is 0. The number of aryl methyl sites for hydroxylation is 2. The van der Waals surface area contributed by atoms with Gasteiger partial charge in [-0.1, -0.05) is 26.0 Å². The molecular formula is C22H36N6O. The molecule has 0 fully saturated rings. The van der Waals surface area contributed by atoms with Crippen molar-refractivity contribution in [3.63, 3.8) is 0 Å². The van der Waals surface area contributed by atoms with Crippen molar-refractivity contribution in [3.8, 4) is 5.75 Å². The second kappa shape index (κ2) is 10.9. The summed E-state index contributed by atoms with van der Waals surface area (Å²) in [6.07, 6.45) is 0. The first kappa shape index (κ1) is 22.7. The summed E-state index contributed by atoms with van der Waals surface area (Å²) in [4.78, 5) is 6.84. The number of benzene rings is 1. The molecule has 0 saturated carbocycles. The van der Waals surface area contributed by atoms with Gasteiger partial charge in [-0.2, -0.15) is 5.10 Å². The van der Waals surface area contributed by atoms with Crippen molar-refractivity contribution in [2.75, 3.05) is 33.8 Å². The zero-order chi connectivity index (χ0) is 21.4. The molecule has 2 rings (SSSR count). The van der Waals surface area contributed by atoms with Crippen molar-refractivity contribution in [1.29, 1.82) is 0 Å². The van der Waals surface area contributed by atoms with Gasteiger partial charge in [0.15, 0.2) is 5.96 Å². The Hall–Kier alpha value is -2.54. The van der Waals surface area contributed by atoms with Crippen molar-refractivity contribution in [1.82, 2.24) is 25.3 Å². The Bertz CT molecular complexity index is 810. The molecule has 1 aromatic carbocycles. The van der Waals surface area contributed by atoms with Crippen LogP contribution in [0, 0.1) is 13.8 Å². The number of nitrogens with zero attached hydrogens (tertiary/aromatic N) is 4. The molecule has 0 saturated heterocycles. The zero-order valence-corrected chi connectivity index (χ0v) is 18.9. The van der Waals surface area contributed by atoms with Crippen LogP contribution in [0.15, 0.2) is 29.3 Å². The molecule has 1 atom stereocenters. The van der Waals surface area contributed by atoms with Gasteiger partial charge < -0.3 is 15.4 Å². The first-order valence-electron chi connectivity index (χ1n) is 10.3. The number of nitrogens with one attached hydrogen (secondary N) is 2. The van der Waals surface area contributed by atoms with Crippen molar-refractivity contribution in [2.45, 2.75) is 40.3 Å². The summed E-state index contributed by atoms with van der Waals surface area (Å²) < 4.78 is 7.35. The van der Waals surface area contributed by atoms with Crippen LogP contribution in [-0.4, -0.2) is 54.4 Å². The van der Waals surface area contributed by atoms with Gasteiger partial charge in [-0.25, -0.2) is 0 Å². The number of rotatable bonds is 9. The fourth-order valence-corrected chi connectivity index (χ4v) is 3.63. The van der Waals surface area contributed by atoms with Gasteiger partial charge in [0.25, 0.3) is 0 Å². The van der Waals surface area contributed by atoms with Crippen LogP contribution in [0.2, 0.25) is 0 Å². The molecule has 7 heteroatoms. The lowest BCUT2D eigenvalue weighted by Gasteiger charge is -2.31. The molecule has 29 heavy (non-hydrogen) atoms. The van der Waals surface area contributed by atoms with Crippen LogP contribution in [0.5, 0.6) is 5.75 Å². The monoisotopic (exact) mass is 400 g/mol. The molecule has 2 aromatic rings. The van der Waals surface area contributed by atoms with Crippen LogP contribution in [0.4, 0.5) is 0 Å². The maximum absolute atomic E-state index is 5.43. The number of aliphatic imine (C=N–C) groups is 1. The molecule has 1 heterocycles. The second-order valence-corrected chi connectivity index (χ2v) is 7.09. The fraction of sp³-hybridized carbons (Fsp3) is 0.545. The highest BCUT2D eigenvalue weighted by molar-refractivity contribution is 5.79. The standard InChI is InChI=1S/C22H36N6O/c1-8-28(9-2)21(18-11-10-12-19(13-18)29-7)15-25-22(23-5)24-14-20-16(3)26-27(6)17(20)4/h10-13,21H,8-9,14-15H2,1-7H3,(H2,23,24,25). The molecule has 0 bridgehead atoms. The van der Waals surface area contributed by atoms with Gasteiger partial charge in [0.1, 0.15) is 5.75 Å². The van der Waals surface area contributed by atoms with Crippen molar-refractivity contribution >= 4 is 5.96 Å². The summed E-state index contributed by atoms with van der Waals surface area (Å²) in [7, 11) is 5.48. The van der Waals surface area contributed by atoms with Gasteiger partial charge in [0.2, 0.25) is 0 Å². The minimum absolute atomic E-state index is 0.223. The highest BCUT2D eigenvalue weighted by Gasteiger charge is 2.19. The van der Waals surface area contributed by atoms with Gasteiger partial charge >= 0.3 is 0 Å². The highest BCUT2D eigenvalue weighted by Crippen LogP contribution is 2.23. The Kier molecular flexibility index (Phi) is 8.51. The van der Waals surface area contributed by atoms with Crippen LogP contribution >= 0.6 is 0 Å². The molecule has 160 valence electrons. The average Bonchev–Trinajstić information content (AvgIpc) is 2.98. The third-order valence-electron chi connectivity index (χ3n) is 5.51. The molecule has 0 aliphatic rings. The molecule has 0 aliphatic carbocycles. The minimum Gasteiger partial charge on any atom is -0.497 e. The van der Waals surface area contributed by atoms with Crippen molar-refractivity contribution in [3.05, 3.63) is 46.8 Å². The summed E-state index contributed by atoms with van der Waals surface area (Å²) in [5, 5.41) is 11.4. The minimum atomic E-state index is 0.223. The first-order chi connectivity index (χ1) is 13.9. The predicted molar refractivity (Wildman–Crippen MR) is 120 cm³/mol. The van der Waals surface area contributed by atoms with Gasteiger partial charge in [-0.05, 0) is 44.6 Å². The third kappa shape index (κ3) is 5.73. The van der Waals surface area contributed by atoms with Crippen molar-refractivity contribution < 1.29 is 4.74 Å². The topological polar surface area (TPSA) is 66.7 Å². The summed E-state index contributed by atoms with van der Waals surface area (Å²) in [6.45, 7) is 11.9. The van der Waals surface area contributed by atoms with Crippen LogP contribution in [-0.2, 0) is 13.6 Å². The fourth-order valence-electron chi connectivity index (χ4n) is 3.63. The van der Waals surface area contributed by atoms with Gasteiger partial charge in [0.05, 0.1) is 18.8 Å². The van der Waals surface area contributed by atoms with E-state index in [4.69, 9.17) is 4.74 Å². The summed E-state index contributed by atoms with van der Waals surface area (Å²) in [6, 6.07) is 8.52. The van der Waals surface area contributed by atoms with Gasteiger partial charge in [0, 0.05) is 38.4 Å². The number of guanidine groups is 1. The smallest absolute Gasteiger partial charge is 0.191 e. The van der Waals surface area contributed by atoms with E-state index in [2.05, 4.69) is 58.5 Å². The molecule has 0 aliphatic heterocycles. The number of aromatic nitrogens is 2. The number of methoxy groups -OCH3 is 1. The van der Waals surface area contributed by atoms with Crippen LogP contribution in [0.3, 0.4) is 0 Å². The van der Waals surface area contributed by atoms with E-state index in [1.54, 1.807) is 14.2 Å². The third-order valence-corrected chi connectivity index (χ3v) is 5.51. The SMILES string of the molecule is CCN(CC)C(CNC(=NC)NCc1c(C)nn(C)c1C)c1cccc(OC)c1. The maximum Gasteiger partial charge on any atom is 0.191 e. The first-order valence-corrected chi connectivity index (χ1v) is 10.3. The second-order valence-electron chi connectivity index (χ2n) is 7.09. The summed E-state index contributed by atoms with van der Waals surface area (Å²) in [5.41, 5.74) is 4.66. The van der Waals surface area contributed by atoms with E-state index in [0.717, 1.165) is 37.0 Å². The quantitative estimate of drug-likeness (QED) is 0.500. The van der Waals surface area contributed by atoms with E-state index in [9.17, 15) is 0 Å². The van der Waals surface area contributed by atoms with Crippen LogP contribution in [0.25, 0.3) is 0 Å². The number of ether oxygens (including phenoxy) is 1. The lowest BCUT2D eigenvalue weighted by molar-refractivity contribution is 0.218.